The number of alkyl halides is 3. The highest BCUT2D eigenvalue weighted by Crippen LogP contribution is 2.36. The highest BCUT2D eigenvalue weighted by Gasteiger charge is 2.36. The van der Waals surface area contributed by atoms with E-state index >= 15 is 0 Å². The number of sulfone groups is 1. The van der Waals surface area contributed by atoms with E-state index in [0.29, 0.717) is 12.1 Å². The number of hydrogen-bond donors (Lipinski definition) is 1. The Bertz CT molecular complexity index is 1170. The summed E-state index contributed by atoms with van der Waals surface area (Å²) in [4.78, 5) is 4.74. The van der Waals surface area contributed by atoms with Crippen molar-refractivity contribution in [3.63, 3.8) is 0 Å². The van der Waals surface area contributed by atoms with E-state index in [1.54, 1.807) is 0 Å². The van der Waals surface area contributed by atoms with Gasteiger partial charge in [-0.15, -0.1) is 0 Å². The second-order valence-electron chi connectivity index (χ2n) is 5.85. The van der Waals surface area contributed by atoms with Crippen LogP contribution in [0.3, 0.4) is 0 Å². The van der Waals surface area contributed by atoms with E-state index in [2.05, 4.69) is 4.98 Å². The van der Waals surface area contributed by atoms with Crippen LogP contribution in [-0.2, 0) is 16.0 Å². The molecule has 0 saturated heterocycles. The fourth-order valence-corrected chi connectivity index (χ4v) is 3.25. The molecule has 3 aromatic rings. The first-order chi connectivity index (χ1) is 12.9. The summed E-state index contributed by atoms with van der Waals surface area (Å²) in [5, 5.41) is 0. The molecular formula is C17H10F6N2O2S. The molecule has 11 heteroatoms. The Kier molecular flexibility index (Phi) is 4.74. The summed E-state index contributed by atoms with van der Waals surface area (Å²) >= 11 is 0. The Morgan fingerprint density at radius 2 is 1.50 bits per heavy atom. The molecule has 1 aromatic heterocycles. The first-order valence-electron chi connectivity index (χ1n) is 7.50. The van der Waals surface area contributed by atoms with Crippen molar-refractivity contribution in [1.29, 1.82) is 0 Å². The Hall–Kier alpha value is -2.82. The molecule has 1 heterocycles. The predicted molar refractivity (Wildman–Crippen MR) is 87.4 cm³/mol. The zero-order valence-electron chi connectivity index (χ0n) is 13.9. The molecule has 0 amide bonds. The summed E-state index contributed by atoms with van der Waals surface area (Å²) in [5.74, 6) is -5.13. The monoisotopic (exact) mass is 420 g/mol. The van der Waals surface area contributed by atoms with Crippen LogP contribution in [0.4, 0.5) is 26.3 Å². The average molecular weight is 420 g/mol. The van der Waals surface area contributed by atoms with Crippen LogP contribution in [0.2, 0.25) is 0 Å². The normalized spacial score (nSPS) is 12.4. The molecule has 3 rings (SSSR count). The standard InChI is InChI=1S/C17H10F6N2O2S/c1-28(26,27)13-5-3-9(7-12(13)20)15-14(24-16(25-15)17(21,22)23)8-2-4-10(18)11(19)6-8/h2-7H,1H3,(H,24,25). The average Bonchev–Trinajstić information content (AvgIpc) is 3.01. The second kappa shape index (κ2) is 6.66. The maximum atomic E-state index is 14.2. The van der Waals surface area contributed by atoms with E-state index in [1.807, 2.05) is 4.98 Å². The third kappa shape index (κ3) is 3.75. The highest BCUT2D eigenvalue weighted by atomic mass is 32.2. The lowest BCUT2D eigenvalue weighted by Crippen LogP contribution is -2.07. The number of hydrogen-bond acceptors (Lipinski definition) is 3. The van der Waals surface area contributed by atoms with E-state index in [0.717, 1.165) is 30.5 Å². The highest BCUT2D eigenvalue weighted by molar-refractivity contribution is 7.90. The van der Waals surface area contributed by atoms with E-state index in [1.165, 1.54) is 0 Å². The minimum atomic E-state index is -4.89. The minimum absolute atomic E-state index is 0.163. The minimum Gasteiger partial charge on any atom is -0.334 e. The van der Waals surface area contributed by atoms with E-state index in [4.69, 9.17) is 0 Å². The fourth-order valence-electron chi connectivity index (χ4n) is 2.53. The summed E-state index contributed by atoms with van der Waals surface area (Å²) in [6, 6.07) is 5.06. The van der Waals surface area contributed by atoms with Gasteiger partial charge >= 0.3 is 6.18 Å². The lowest BCUT2D eigenvalue weighted by atomic mass is 10.0. The van der Waals surface area contributed by atoms with Crippen LogP contribution in [0.25, 0.3) is 22.5 Å². The molecule has 0 aliphatic rings. The third-order valence-electron chi connectivity index (χ3n) is 3.79. The maximum absolute atomic E-state index is 14.2. The van der Waals surface area contributed by atoms with Gasteiger partial charge in [-0.1, -0.05) is 6.07 Å². The fraction of sp³-hybridized carbons (Fsp3) is 0.118. The van der Waals surface area contributed by atoms with Crippen LogP contribution >= 0.6 is 0 Å². The van der Waals surface area contributed by atoms with Crippen LogP contribution in [0.1, 0.15) is 5.82 Å². The molecule has 0 unspecified atom stereocenters. The molecule has 4 nitrogen and oxygen atoms in total. The molecule has 148 valence electrons. The van der Waals surface area contributed by atoms with Gasteiger partial charge in [-0.25, -0.2) is 26.6 Å². The zero-order valence-corrected chi connectivity index (χ0v) is 14.7. The molecule has 1 N–H and O–H groups in total. The van der Waals surface area contributed by atoms with E-state index < -0.39 is 49.9 Å². The smallest absolute Gasteiger partial charge is 0.334 e. The SMILES string of the molecule is CS(=O)(=O)c1ccc(-c2nc(C(F)(F)F)[nH]c2-c2ccc(F)c(F)c2)cc1F. The van der Waals surface area contributed by atoms with Gasteiger partial charge in [0.25, 0.3) is 0 Å². The van der Waals surface area contributed by atoms with E-state index in [9.17, 15) is 34.8 Å². The van der Waals surface area contributed by atoms with Crippen molar-refractivity contribution < 1.29 is 34.8 Å². The van der Waals surface area contributed by atoms with Crippen molar-refractivity contribution in [1.82, 2.24) is 9.97 Å². The largest absolute Gasteiger partial charge is 0.449 e. The predicted octanol–water partition coefficient (Wildman–Crippen LogP) is 4.58. The maximum Gasteiger partial charge on any atom is 0.449 e. The first kappa shape index (κ1) is 19.9. The molecule has 0 saturated carbocycles. The lowest BCUT2D eigenvalue weighted by Gasteiger charge is -2.06. The molecule has 0 bridgehead atoms. The summed E-state index contributed by atoms with van der Waals surface area (Å²) in [6.07, 6.45) is -4.12. The van der Waals surface area contributed by atoms with Gasteiger partial charge in [0.1, 0.15) is 10.7 Å². The van der Waals surface area contributed by atoms with Crippen LogP contribution in [0.5, 0.6) is 0 Å². The summed E-state index contributed by atoms with van der Waals surface area (Å²) in [7, 11) is -3.90. The number of nitrogens with one attached hydrogen (secondary N) is 1. The van der Waals surface area contributed by atoms with Gasteiger partial charge in [0.2, 0.25) is 5.82 Å². The molecule has 0 radical (unpaired) electrons. The van der Waals surface area contributed by atoms with Crippen LogP contribution in [0, 0.1) is 17.5 Å². The van der Waals surface area contributed by atoms with Crippen LogP contribution < -0.4 is 0 Å². The van der Waals surface area contributed by atoms with Gasteiger partial charge < -0.3 is 4.98 Å². The zero-order chi connectivity index (χ0) is 20.9. The van der Waals surface area contributed by atoms with Crippen LogP contribution in [0.15, 0.2) is 41.3 Å². The number of benzene rings is 2. The van der Waals surface area contributed by atoms with Crippen molar-refractivity contribution in [2.24, 2.45) is 0 Å². The number of aromatic nitrogens is 2. The van der Waals surface area contributed by atoms with Crippen molar-refractivity contribution in [2.45, 2.75) is 11.1 Å². The van der Waals surface area contributed by atoms with Crippen molar-refractivity contribution in [2.75, 3.05) is 6.26 Å². The number of nitrogens with zero attached hydrogens (tertiary/aromatic N) is 1. The molecule has 28 heavy (non-hydrogen) atoms. The Balaban J connectivity index is 2.24. The van der Waals surface area contributed by atoms with Gasteiger partial charge in [0.05, 0.1) is 11.4 Å². The number of rotatable bonds is 3. The van der Waals surface area contributed by atoms with Gasteiger partial charge in [-0.05, 0) is 30.3 Å². The van der Waals surface area contributed by atoms with Gasteiger partial charge in [0, 0.05) is 17.4 Å². The Morgan fingerprint density at radius 3 is 2.04 bits per heavy atom. The third-order valence-corrected chi connectivity index (χ3v) is 4.92. The van der Waals surface area contributed by atoms with Gasteiger partial charge in [-0.2, -0.15) is 13.2 Å². The molecule has 0 fully saturated rings. The molecule has 0 aliphatic heterocycles. The van der Waals surface area contributed by atoms with Gasteiger partial charge in [0.15, 0.2) is 21.5 Å². The number of aromatic amines is 1. The van der Waals surface area contributed by atoms with Gasteiger partial charge in [-0.3, -0.25) is 0 Å². The lowest BCUT2D eigenvalue weighted by molar-refractivity contribution is -0.144. The van der Waals surface area contributed by atoms with Crippen molar-refractivity contribution >= 4 is 9.84 Å². The first-order valence-corrected chi connectivity index (χ1v) is 9.39. The second-order valence-corrected chi connectivity index (χ2v) is 7.84. The number of halogens is 6. The quantitative estimate of drug-likeness (QED) is 0.631. The Labute approximate surface area is 154 Å². The summed E-state index contributed by atoms with van der Waals surface area (Å²) < 4.78 is 103. The molecule has 2 aromatic carbocycles. The number of H-pyrrole nitrogens is 1. The summed E-state index contributed by atoms with van der Waals surface area (Å²) in [6.45, 7) is 0. The van der Waals surface area contributed by atoms with Crippen LogP contribution in [-0.4, -0.2) is 24.6 Å². The topological polar surface area (TPSA) is 62.8 Å². The summed E-state index contributed by atoms with van der Waals surface area (Å²) in [5.41, 5.74) is -1.09. The van der Waals surface area contributed by atoms with Crippen molar-refractivity contribution in [3.05, 3.63) is 59.7 Å². The van der Waals surface area contributed by atoms with E-state index in [-0.39, 0.29) is 16.8 Å². The molecule has 0 atom stereocenters. The number of imidazole rings is 1. The molecule has 0 spiro atoms. The molecular weight excluding hydrogens is 410 g/mol. The van der Waals surface area contributed by atoms with Crippen molar-refractivity contribution in [3.8, 4) is 22.5 Å². The molecule has 0 aliphatic carbocycles. The Morgan fingerprint density at radius 1 is 0.893 bits per heavy atom.